The molecular weight excluding hydrogens is 90.1 g/mol. The summed E-state index contributed by atoms with van der Waals surface area (Å²) < 4.78 is 2.31. The summed E-state index contributed by atoms with van der Waals surface area (Å²) in [5.41, 5.74) is 0. The van der Waals surface area contributed by atoms with Crippen LogP contribution < -0.4 is 0 Å². The van der Waals surface area contributed by atoms with E-state index < -0.39 is 8.96 Å². The molecule has 0 aliphatic rings. The molecule has 0 aromatic rings. The lowest BCUT2D eigenvalue weighted by atomic mass is 11.3. The summed E-state index contributed by atoms with van der Waals surface area (Å²) in [6.07, 6.45) is 0. The highest BCUT2D eigenvalue weighted by Crippen LogP contribution is 1.79. The number of rotatable bonds is 1. The summed E-state index contributed by atoms with van der Waals surface area (Å²) in [4.78, 5) is 0. The van der Waals surface area contributed by atoms with Gasteiger partial charge in [-0.05, 0) is 14.1 Å². The second-order valence-corrected chi connectivity index (χ2v) is 5.28. The second kappa shape index (κ2) is 2.37. The lowest BCUT2D eigenvalue weighted by molar-refractivity contribution is 0.648. The van der Waals surface area contributed by atoms with Gasteiger partial charge in [0.25, 0.3) is 0 Å². The molecule has 0 aliphatic heterocycles. The Balaban J connectivity index is 2.99. The van der Waals surface area contributed by atoms with Crippen LogP contribution in [-0.2, 0) is 0 Å². The van der Waals surface area contributed by atoms with Gasteiger partial charge in [-0.3, -0.25) is 0 Å². The van der Waals surface area contributed by atoms with Crippen LogP contribution >= 0.6 is 0 Å². The minimum absolute atomic E-state index is 0.410. The zero-order valence-electron chi connectivity index (χ0n) is 5.02. The van der Waals surface area contributed by atoms with Crippen molar-refractivity contribution in [1.29, 1.82) is 0 Å². The van der Waals surface area contributed by atoms with Gasteiger partial charge < -0.3 is 4.57 Å². The van der Waals surface area contributed by atoms with Gasteiger partial charge in [0.05, 0.1) is 0 Å². The van der Waals surface area contributed by atoms with E-state index in [0.717, 1.165) is 0 Å². The van der Waals surface area contributed by atoms with Crippen molar-refractivity contribution in [3.8, 4) is 0 Å². The molecular formula is C4H13NSi. The van der Waals surface area contributed by atoms with Crippen LogP contribution in [-0.4, -0.2) is 27.6 Å². The molecule has 0 aromatic heterocycles. The van der Waals surface area contributed by atoms with Gasteiger partial charge in [0.1, 0.15) is 8.96 Å². The molecule has 0 saturated heterocycles. The molecule has 0 rings (SSSR count). The number of hydrogen-bond acceptors (Lipinski definition) is 1. The van der Waals surface area contributed by atoms with Crippen molar-refractivity contribution in [1.82, 2.24) is 4.57 Å². The maximum atomic E-state index is 2.31. The smallest absolute Gasteiger partial charge is 0.105 e. The first-order valence-electron chi connectivity index (χ1n) is 2.31. The van der Waals surface area contributed by atoms with E-state index in [0.29, 0.717) is 0 Å². The van der Waals surface area contributed by atoms with Gasteiger partial charge in [0, 0.05) is 0 Å². The highest BCUT2D eigenvalue weighted by Gasteiger charge is 1.93. The van der Waals surface area contributed by atoms with Crippen molar-refractivity contribution < 1.29 is 0 Å². The zero-order valence-corrected chi connectivity index (χ0v) is 6.18. The monoisotopic (exact) mass is 103 g/mol. The van der Waals surface area contributed by atoms with Crippen molar-refractivity contribution in [3.63, 3.8) is 0 Å². The molecule has 0 unspecified atom stereocenters. The molecule has 0 amide bonds. The lowest BCUT2D eigenvalue weighted by Gasteiger charge is -2.10. The van der Waals surface area contributed by atoms with E-state index in [-0.39, 0.29) is 0 Å². The van der Waals surface area contributed by atoms with E-state index in [2.05, 4.69) is 31.8 Å². The third kappa shape index (κ3) is 2.42. The molecule has 0 atom stereocenters. The third-order valence-electron chi connectivity index (χ3n) is 1.03. The highest BCUT2D eigenvalue weighted by atomic mass is 28.3. The van der Waals surface area contributed by atoms with Gasteiger partial charge in [-0.25, -0.2) is 0 Å². The Morgan fingerprint density at radius 2 is 1.33 bits per heavy atom. The fourth-order valence-corrected chi connectivity index (χ4v) is 0. The Labute approximate surface area is 41.7 Å². The van der Waals surface area contributed by atoms with Crippen LogP contribution in [0.15, 0.2) is 0 Å². The van der Waals surface area contributed by atoms with Crippen molar-refractivity contribution in [2.24, 2.45) is 0 Å². The van der Waals surface area contributed by atoms with Gasteiger partial charge in [-0.15, -0.1) is 0 Å². The molecule has 0 bridgehead atoms. The summed E-state index contributed by atoms with van der Waals surface area (Å²) in [5.74, 6) is 0. The van der Waals surface area contributed by atoms with Crippen LogP contribution in [0.1, 0.15) is 0 Å². The molecule has 0 N–H and O–H groups in total. The minimum atomic E-state index is -0.410. The summed E-state index contributed by atoms with van der Waals surface area (Å²) in [6, 6.07) is 0. The topological polar surface area (TPSA) is 3.24 Å². The molecule has 0 aliphatic carbocycles. The molecule has 2 heteroatoms. The number of nitrogens with zero attached hydrogens (tertiary/aromatic N) is 1. The van der Waals surface area contributed by atoms with Crippen LogP contribution in [0.2, 0.25) is 13.1 Å². The Bertz CT molecular complexity index is 28.5. The van der Waals surface area contributed by atoms with E-state index in [4.69, 9.17) is 0 Å². The predicted octanol–water partition coefficient (Wildman–Crippen LogP) is 0.531. The zero-order chi connectivity index (χ0) is 5.15. The molecule has 0 heterocycles. The molecule has 0 spiro atoms. The van der Waals surface area contributed by atoms with Crippen LogP contribution in [0.3, 0.4) is 0 Å². The van der Waals surface area contributed by atoms with E-state index in [1.165, 1.54) is 0 Å². The molecule has 0 fully saturated rings. The number of hydrogen-bond donors (Lipinski definition) is 0. The van der Waals surface area contributed by atoms with Crippen LogP contribution in [0, 0.1) is 0 Å². The van der Waals surface area contributed by atoms with Crippen LogP contribution in [0.25, 0.3) is 0 Å². The third-order valence-corrected chi connectivity index (χ3v) is 3.10. The Hall–Kier alpha value is 0.177. The normalized spacial score (nSPS) is 11.0. The highest BCUT2D eigenvalue weighted by molar-refractivity contribution is 6.52. The molecule has 38 valence electrons. The minimum Gasteiger partial charge on any atom is -0.332 e. The van der Waals surface area contributed by atoms with Crippen LogP contribution in [0.4, 0.5) is 0 Å². The van der Waals surface area contributed by atoms with Crippen molar-refractivity contribution >= 4 is 8.96 Å². The van der Waals surface area contributed by atoms with Crippen molar-refractivity contribution in [2.75, 3.05) is 14.1 Å². The first-order valence-corrected chi connectivity index (χ1v) is 5.13. The van der Waals surface area contributed by atoms with E-state index in [9.17, 15) is 0 Å². The molecule has 0 saturated carbocycles. The maximum absolute atomic E-state index is 2.31. The van der Waals surface area contributed by atoms with Crippen molar-refractivity contribution in [2.45, 2.75) is 13.1 Å². The molecule has 0 radical (unpaired) electrons. The Kier molecular flexibility index (Phi) is 2.44. The average Bonchev–Trinajstić information content (AvgIpc) is 1.36. The van der Waals surface area contributed by atoms with E-state index >= 15 is 0 Å². The standard InChI is InChI=1S/C4H13NSi/c1-5(2)6(3)4/h6H,1-4H3. The Morgan fingerprint density at radius 1 is 1.17 bits per heavy atom. The van der Waals surface area contributed by atoms with Crippen LogP contribution in [0.5, 0.6) is 0 Å². The molecule has 0 aromatic carbocycles. The summed E-state index contributed by atoms with van der Waals surface area (Å²) in [7, 11) is 3.86. The summed E-state index contributed by atoms with van der Waals surface area (Å²) in [6.45, 7) is 4.61. The van der Waals surface area contributed by atoms with Gasteiger partial charge >= 0.3 is 0 Å². The van der Waals surface area contributed by atoms with Gasteiger partial charge in [0.2, 0.25) is 0 Å². The largest absolute Gasteiger partial charge is 0.332 e. The quantitative estimate of drug-likeness (QED) is 0.438. The van der Waals surface area contributed by atoms with Gasteiger partial charge in [-0.2, -0.15) is 0 Å². The van der Waals surface area contributed by atoms with Gasteiger partial charge in [-0.1, -0.05) is 13.1 Å². The maximum Gasteiger partial charge on any atom is 0.105 e. The van der Waals surface area contributed by atoms with Gasteiger partial charge in [0.15, 0.2) is 0 Å². The first kappa shape index (κ1) is 6.18. The first-order chi connectivity index (χ1) is 2.64. The second-order valence-electron chi connectivity index (χ2n) is 2.06. The Morgan fingerprint density at radius 3 is 1.33 bits per heavy atom. The molecule has 1 nitrogen and oxygen atoms in total. The SMILES string of the molecule is CN(C)[SiH](C)C. The summed E-state index contributed by atoms with van der Waals surface area (Å²) >= 11 is 0. The average molecular weight is 103 g/mol. The van der Waals surface area contributed by atoms with Crippen molar-refractivity contribution in [3.05, 3.63) is 0 Å². The van der Waals surface area contributed by atoms with E-state index in [1.54, 1.807) is 0 Å². The lowest BCUT2D eigenvalue weighted by Crippen LogP contribution is -2.25. The summed E-state index contributed by atoms with van der Waals surface area (Å²) in [5, 5.41) is 0. The predicted molar refractivity (Wildman–Crippen MR) is 32.6 cm³/mol. The van der Waals surface area contributed by atoms with E-state index in [1.807, 2.05) is 0 Å². The fourth-order valence-electron chi connectivity index (χ4n) is 0. The molecule has 6 heavy (non-hydrogen) atoms. The fraction of sp³-hybridized carbons (Fsp3) is 1.00.